The lowest BCUT2D eigenvalue weighted by atomic mass is 9.94. The number of aromatic nitrogens is 1. The molecule has 3 heteroatoms. The molecular formula is C22H23ClN2. The van der Waals surface area contributed by atoms with Gasteiger partial charge in [0.2, 0.25) is 0 Å². The first kappa shape index (κ1) is 17.7. The van der Waals surface area contributed by atoms with E-state index in [2.05, 4.69) is 67.5 Å². The number of nitrogens with one attached hydrogen (secondary N) is 1. The van der Waals surface area contributed by atoms with Gasteiger partial charge in [-0.05, 0) is 67.3 Å². The van der Waals surface area contributed by atoms with Crippen molar-refractivity contribution in [3.63, 3.8) is 0 Å². The van der Waals surface area contributed by atoms with Gasteiger partial charge in [-0.3, -0.25) is 4.98 Å². The van der Waals surface area contributed by atoms with E-state index < -0.39 is 0 Å². The fourth-order valence-corrected chi connectivity index (χ4v) is 2.99. The Bertz CT molecular complexity index is 803. The van der Waals surface area contributed by atoms with Crippen LogP contribution in [0.2, 0.25) is 5.02 Å². The van der Waals surface area contributed by atoms with Crippen LogP contribution >= 0.6 is 11.6 Å². The van der Waals surface area contributed by atoms with Crippen LogP contribution < -0.4 is 5.32 Å². The lowest BCUT2D eigenvalue weighted by Crippen LogP contribution is -2.39. The summed E-state index contributed by atoms with van der Waals surface area (Å²) in [6.45, 7) is 6.55. The Morgan fingerprint density at radius 3 is 1.76 bits per heavy atom. The van der Waals surface area contributed by atoms with Crippen LogP contribution in [0.3, 0.4) is 0 Å². The normalized spacial score (nSPS) is 12.8. The quantitative estimate of drug-likeness (QED) is 0.635. The Hall–Kier alpha value is -2.16. The van der Waals surface area contributed by atoms with Crippen LogP contribution in [0.15, 0.2) is 73.1 Å². The fourth-order valence-electron chi connectivity index (χ4n) is 2.86. The minimum absolute atomic E-state index is 0.00588. The van der Waals surface area contributed by atoms with Gasteiger partial charge in [-0.25, -0.2) is 0 Å². The lowest BCUT2D eigenvalue weighted by Gasteiger charge is -2.29. The molecule has 2 nitrogen and oxygen atoms in total. The molecule has 3 rings (SSSR count). The van der Waals surface area contributed by atoms with E-state index in [1.165, 1.54) is 22.3 Å². The van der Waals surface area contributed by atoms with E-state index in [-0.39, 0.29) is 11.6 Å². The minimum atomic E-state index is -0.00588. The Morgan fingerprint density at radius 1 is 0.760 bits per heavy atom. The van der Waals surface area contributed by atoms with E-state index in [4.69, 9.17) is 11.6 Å². The third-order valence-electron chi connectivity index (χ3n) is 4.04. The van der Waals surface area contributed by atoms with Crippen molar-refractivity contribution < 1.29 is 0 Å². The molecule has 1 N–H and O–H groups in total. The molecule has 0 radical (unpaired) electrons. The van der Waals surface area contributed by atoms with Crippen molar-refractivity contribution in [1.82, 2.24) is 10.3 Å². The molecule has 0 spiro atoms. The highest BCUT2D eigenvalue weighted by Gasteiger charge is 2.20. The maximum Gasteiger partial charge on any atom is 0.0580 e. The molecule has 0 aliphatic heterocycles. The van der Waals surface area contributed by atoms with Crippen LogP contribution in [-0.4, -0.2) is 10.5 Å². The zero-order valence-corrected chi connectivity index (χ0v) is 15.6. The number of hydrogen-bond donors (Lipinski definition) is 1. The molecule has 0 bridgehead atoms. The number of benzene rings is 2. The Labute approximate surface area is 154 Å². The zero-order valence-electron chi connectivity index (χ0n) is 14.8. The molecule has 128 valence electrons. The maximum atomic E-state index is 6.06. The number of pyridine rings is 1. The second-order valence-electron chi connectivity index (χ2n) is 7.24. The fraction of sp³-hybridized carbons (Fsp3) is 0.227. The molecule has 0 fully saturated rings. The smallest absolute Gasteiger partial charge is 0.0580 e. The van der Waals surface area contributed by atoms with Crippen molar-refractivity contribution in [2.45, 2.75) is 32.4 Å². The Kier molecular flexibility index (Phi) is 5.22. The van der Waals surface area contributed by atoms with Gasteiger partial charge in [-0.15, -0.1) is 0 Å². The average molecular weight is 351 g/mol. The highest BCUT2D eigenvalue weighted by Crippen LogP contribution is 2.28. The first-order valence-electron chi connectivity index (χ1n) is 8.46. The van der Waals surface area contributed by atoms with Crippen molar-refractivity contribution in [1.29, 1.82) is 0 Å². The second kappa shape index (κ2) is 7.38. The van der Waals surface area contributed by atoms with Crippen molar-refractivity contribution in [3.8, 4) is 11.1 Å². The lowest BCUT2D eigenvalue weighted by molar-refractivity contribution is 0.391. The van der Waals surface area contributed by atoms with Gasteiger partial charge >= 0.3 is 0 Å². The molecule has 0 saturated carbocycles. The van der Waals surface area contributed by atoms with Crippen LogP contribution in [0.25, 0.3) is 11.1 Å². The van der Waals surface area contributed by atoms with Crippen molar-refractivity contribution in [3.05, 3.63) is 89.2 Å². The molecular weight excluding hydrogens is 328 g/mol. The minimum Gasteiger partial charge on any atom is -0.302 e. The van der Waals surface area contributed by atoms with Crippen LogP contribution in [0, 0.1) is 0 Å². The molecule has 0 aliphatic carbocycles. The van der Waals surface area contributed by atoms with Crippen molar-refractivity contribution in [2.24, 2.45) is 0 Å². The predicted octanol–water partition coefficient (Wildman–Crippen LogP) is 5.88. The summed E-state index contributed by atoms with van der Waals surface area (Å²) in [5.74, 6) is 0. The van der Waals surface area contributed by atoms with Gasteiger partial charge in [0.15, 0.2) is 0 Å². The third kappa shape index (κ3) is 4.68. The Morgan fingerprint density at radius 2 is 1.24 bits per heavy atom. The molecule has 1 aromatic heterocycles. The SMILES string of the molecule is CC(C)(C)NC(c1ccc(Cl)cc1)c1ccc(-c2ccncc2)cc1. The van der Waals surface area contributed by atoms with E-state index in [1.54, 1.807) is 0 Å². The molecule has 0 aliphatic rings. The standard InChI is InChI=1S/C22H23ClN2/c1-22(2,3)25-21(19-8-10-20(23)11-9-19)18-6-4-16(5-7-18)17-12-14-24-15-13-17/h4-15,21,25H,1-3H3. The second-order valence-corrected chi connectivity index (χ2v) is 7.67. The van der Waals surface area contributed by atoms with Gasteiger partial charge in [0.1, 0.15) is 0 Å². The predicted molar refractivity (Wildman–Crippen MR) is 106 cm³/mol. The zero-order chi connectivity index (χ0) is 17.9. The van der Waals surface area contributed by atoms with Gasteiger partial charge in [-0.1, -0.05) is 48.0 Å². The van der Waals surface area contributed by atoms with Gasteiger partial charge < -0.3 is 5.32 Å². The molecule has 25 heavy (non-hydrogen) atoms. The van der Waals surface area contributed by atoms with E-state index in [9.17, 15) is 0 Å². The monoisotopic (exact) mass is 350 g/mol. The summed E-state index contributed by atoms with van der Waals surface area (Å²) in [6, 6.07) is 20.9. The summed E-state index contributed by atoms with van der Waals surface area (Å²) in [4.78, 5) is 4.08. The number of halogens is 1. The van der Waals surface area contributed by atoms with E-state index in [0.717, 1.165) is 5.02 Å². The highest BCUT2D eigenvalue weighted by molar-refractivity contribution is 6.30. The summed E-state index contributed by atoms with van der Waals surface area (Å²) < 4.78 is 0. The highest BCUT2D eigenvalue weighted by atomic mass is 35.5. The van der Waals surface area contributed by atoms with Crippen LogP contribution in [0.4, 0.5) is 0 Å². The average Bonchev–Trinajstić information content (AvgIpc) is 2.61. The largest absolute Gasteiger partial charge is 0.302 e. The summed E-state index contributed by atoms with van der Waals surface area (Å²) in [5.41, 5.74) is 4.80. The molecule has 1 heterocycles. The maximum absolute atomic E-state index is 6.06. The number of nitrogens with zero attached hydrogens (tertiary/aromatic N) is 1. The molecule has 0 saturated heterocycles. The summed E-state index contributed by atoms with van der Waals surface area (Å²) in [6.07, 6.45) is 3.64. The van der Waals surface area contributed by atoms with E-state index in [0.29, 0.717) is 0 Å². The van der Waals surface area contributed by atoms with Crippen LogP contribution in [0.5, 0.6) is 0 Å². The topological polar surface area (TPSA) is 24.9 Å². The molecule has 2 aromatic carbocycles. The summed E-state index contributed by atoms with van der Waals surface area (Å²) in [5, 5.41) is 4.47. The van der Waals surface area contributed by atoms with E-state index in [1.807, 2.05) is 36.7 Å². The van der Waals surface area contributed by atoms with Crippen LogP contribution in [0.1, 0.15) is 37.9 Å². The number of hydrogen-bond acceptors (Lipinski definition) is 2. The van der Waals surface area contributed by atoms with Gasteiger partial charge in [0, 0.05) is 23.0 Å². The van der Waals surface area contributed by atoms with Gasteiger partial charge in [0.25, 0.3) is 0 Å². The molecule has 3 aromatic rings. The number of rotatable bonds is 4. The first-order chi connectivity index (χ1) is 11.9. The first-order valence-corrected chi connectivity index (χ1v) is 8.84. The van der Waals surface area contributed by atoms with Crippen molar-refractivity contribution in [2.75, 3.05) is 0 Å². The summed E-state index contributed by atoms with van der Waals surface area (Å²) >= 11 is 6.06. The van der Waals surface area contributed by atoms with E-state index >= 15 is 0 Å². The molecule has 1 atom stereocenters. The van der Waals surface area contributed by atoms with Gasteiger partial charge in [-0.2, -0.15) is 0 Å². The van der Waals surface area contributed by atoms with Crippen LogP contribution in [-0.2, 0) is 0 Å². The molecule has 1 unspecified atom stereocenters. The summed E-state index contributed by atoms with van der Waals surface area (Å²) in [7, 11) is 0. The van der Waals surface area contributed by atoms with Crippen molar-refractivity contribution >= 4 is 11.6 Å². The van der Waals surface area contributed by atoms with Gasteiger partial charge in [0.05, 0.1) is 6.04 Å². The molecule has 0 amide bonds. The third-order valence-corrected chi connectivity index (χ3v) is 4.29. The Balaban J connectivity index is 1.94.